The Hall–Kier alpha value is -2.70. The molecule has 140 valence electrons. The number of rotatable bonds is 6. The Kier molecular flexibility index (Phi) is 5.88. The van der Waals surface area contributed by atoms with E-state index in [0.29, 0.717) is 35.9 Å². The van der Waals surface area contributed by atoms with Gasteiger partial charge < -0.3 is 14.7 Å². The highest BCUT2D eigenvalue weighted by Gasteiger charge is 2.46. The fourth-order valence-electron chi connectivity index (χ4n) is 3.10. The Labute approximate surface area is 162 Å². The molecule has 0 radical (unpaired) electrons. The number of amides is 1. The van der Waals surface area contributed by atoms with Crippen molar-refractivity contribution in [2.45, 2.75) is 12.5 Å². The first-order chi connectivity index (χ1) is 13.0. The highest BCUT2D eigenvalue weighted by molar-refractivity contribution is 6.46. The molecule has 1 aliphatic heterocycles. The second-order valence-electron chi connectivity index (χ2n) is 6.10. The van der Waals surface area contributed by atoms with Crippen LogP contribution < -0.4 is 0 Å². The van der Waals surface area contributed by atoms with Gasteiger partial charge in [0.1, 0.15) is 11.8 Å². The van der Waals surface area contributed by atoms with E-state index in [2.05, 4.69) is 4.98 Å². The number of halogens is 1. The molecule has 0 saturated carbocycles. The molecule has 1 unspecified atom stereocenters. The quantitative estimate of drug-likeness (QED) is 0.357. The third-order valence-electron chi connectivity index (χ3n) is 4.37. The van der Waals surface area contributed by atoms with Crippen molar-refractivity contribution in [2.24, 2.45) is 0 Å². The van der Waals surface area contributed by atoms with Crippen LogP contribution in [0.2, 0.25) is 5.02 Å². The fourth-order valence-corrected chi connectivity index (χ4v) is 3.22. The van der Waals surface area contributed by atoms with E-state index in [-0.39, 0.29) is 11.3 Å². The summed E-state index contributed by atoms with van der Waals surface area (Å²) in [5, 5.41) is 11.3. The molecule has 6 nitrogen and oxygen atoms in total. The summed E-state index contributed by atoms with van der Waals surface area (Å²) in [6.45, 7) is 0.770. The number of nitrogens with zero attached hydrogens (tertiary/aromatic N) is 2. The minimum atomic E-state index is -0.751. The molecule has 1 fully saturated rings. The zero-order chi connectivity index (χ0) is 19.4. The average molecular weight is 387 g/mol. The second-order valence-corrected chi connectivity index (χ2v) is 6.54. The van der Waals surface area contributed by atoms with Gasteiger partial charge in [0.15, 0.2) is 0 Å². The fraction of sp³-hybridized carbons (Fsp3) is 0.250. The van der Waals surface area contributed by atoms with Crippen molar-refractivity contribution in [3.63, 3.8) is 0 Å². The van der Waals surface area contributed by atoms with Crippen LogP contribution in [0.25, 0.3) is 5.76 Å². The Morgan fingerprint density at radius 1 is 1.22 bits per heavy atom. The van der Waals surface area contributed by atoms with Gasteiger partial charge in [0.05, 0.1) is 11.3 Å². The summed E-state index contributed by atoms with van der Waals surface area (Å²) in [5.41, 5.74) is 0.957. The van der Waals surface area contributed by atoms with Gasteiger partial charge in [0.2, 0.25) is 0 Å². The molecule has 0 aliphatic carbocycles. The molecule has 1 atom stereocenters. The van der Waals surface area contributed by atoms with E-state index in [9.17, 15) is 14.7 Å². The van der Waals surface area contributed by atoms with Crippen molar-refractivity contribution >= 4 is 29.1 Å². The lowest BCUT2D eigenvalue weighted by Crippen LogP contribution is -2.31. The molecule has 2 heterocycles. The highest BCUT2D eigenvalue weighted by atomic mass is 35.5. The van der Waals surface area contributed by atoms with E-state index in [1.165, 1.54) is 4.90 Å². The van der Waals surface area contributed by atoms with Crippen molar-refractivity contribution < 1.29 is 19.4 Å². The molecule has 0 spiro atoms. The number of hydrogen-bond donors (Lipinski definition) is 1. The standard InChI is InChI=1S/C20H19ClN2O4/c1-27-12-4-11-23-17(15-5-2-3-10-22-15)16(19(25)20(23)26)18(24)13-6-8-14(21)9-7-13/h2-3,5-10,17,24H,4,11-12H2,1H3/b18-16-. The minimum absolute atomic E-state index is 0.0263. The Morgan fingerprint density at radius 3 is 2.59 bits per heavy atom. The SMILES string of the molecule is COCCCN1C(=O)C(=O)/C(=C(\O)c2ccc(Cl)cc2)C1c1ccccn1. The van der Waals surface area contributed by atoms with E-state index in [1.54, 1.807) is 55.8 Å². The number of benzene rings is 1. The minimum Gasteiger partial charge on any atom is -0.507 e. The van der Waals surface area contributed by atoms with Gasteiger partial charge >= 0.3 is 0 Å². The maximum atomic E-state index is 12.7. The van der Waals surface area contributed by atoms with Gasteiger partial charge in [0, 0.05) is 37.0 Å². The first-order valence-electron chi connectivity index (χ1n) is 8.48. The van der Waals surface area contributed by atoms with Gasteiger partial charge in [-0.05, 0) is 42.8 Å². The molecule has 1 aromatic heterocycles. The molecule has 27 heavy (non-hydrogen) atoms. The van der Waals surface area contributed by atoms with Crippen molar-refractivity contribution in [2.75, 3.05) is 20.3 Å². The van der Waals surface area contributed by atoms with Gasteiger partial charge in [-0.1, -0.05) is 17.7 Å². The molecular formula is C20H19ClN2O4. The number of ether oxygens (including phenoxy) is 1. The van der Waals surface area contributed by atoms with Crippen LogP contribution in [0, 0.1) is 0 Å². The number of pyridine rings is 1. The molecule has 1 aliphatic rings. The molecule has 2 aromatic rings. The van der Waals surface area contributed by atoms with Crippen LogP contribution in [0.15, 0.2) is 54.2 Å². The third-order valence-corrected chi connectivity index (χ3v) is 4.62. The van der Waals surface area contributed by atoms with Crippen LogP contribution in [0.5, 0.6) is 0 Å². The van der Waals surface area contributed by atoms with Gasteiger partial charge in [-0.25, -0.2) is 0 Å². The lowest BCUT2D eigenvalue weighted by Gasteiger charge is -2.24. The van der Waals surface area contributed by atoms with E-state index in [1.807, 2.05) is 0 Å². The van der Waals surface area contributed by atoms with Gasteiger partial charge in [0.25, 0.3) is 11.7 Å². The maximum Gasteiger partial charge on any atom is 0.295 e. The molecule has 7 heteroatoms. The van der Waals surface area contributed by atoms with E-state index < -0.39 is 17.7 Å². The summed E-state index contributed by atoms with van der Waals surface area (Å²) in [6.07, 6.45) is 2.15. The molecule has 1 aromatic carbocycles. The number of hydrogen-bond acceptors (Lipinski definition) is 5. The lowest BCUT2D eigenvalue weighted by atomic mass is 9.98. The number of carbonyl (C=O) groups excluding carboxylic acids is 2. The van der Waals surface area contributed by atoms with Crippen molar-refractivity contribution in [3.05, 3.63) is 70.5 Å². The Balaban J connectivity index is 2.09. The largest absolute Gasteiger partial charge is 0.507 e. The Morgan fingerprint density at radius 2 is 1.96 bits per heavy atom. The van der Waals surface area contributed by atoms with E-state index in [0.717, 1.165) is 0 Å². The normalized spacial score (nSPS) is 18.9. The first-order valence-corrected chi connectivity index (χ1v) is 8.86. The number of Topliss-reactive ketones (excluding diaryl/α,β-unsaturated/α-hetero) is 1. The summed E-state index contributed by atoms with van der Waals surface area (Å²) in [7, 11) is 1.57. The first kappa shape index (κ1) is 19.1. The number of carbonyl (C=O) groups is 2. The predicted octanol–water partition coefficient (Wildman–Crippen LogP) is 3.19. The smallest absolute Gasteiger partial charge is 0.295 e. The number of aliphatic hydroxyl groups excluding tert-OH is 1. The van der Waals surface area contributed by atoms with Crippen LogP contribution in [0.1, 0.15) is 23.7 Å². The molecular weight excluding hydrogens is 368 g/mol. The molecule has 1 N–H and O–H groups in total. The van der Waals surface area contributed by atoms with E-state index in [4.69, 9.17) is 16.3 Å². The molecule has 3 rings (SSSR count). The highest BCUT2D eigenvalue weighted by Crippen LogP contribution is 2.38. The Bertz CT molecular complexity index is 865. The summed E-state index contributed by atoms with van der Waals surface area (Å²) < 4.78 is 5.05. The van der Waals surface area contributed by atoms with Crippen LogP contribution in [0.4, 0.5) is 0 Å². The number of aromatic nitrogens is 1. The number of aliphatic hydroxyl groups is 1. The van der Waals surface area contributed by atoms with Crippen LogP contribution in [-0.2, 0) is 14.3 Å². The van der Waals surface area contributed by atoms with Crippen LogP contribution in [0.3, 0.4) is 0 Å². The topological polar surface area (TPSA) is 79.7 Å². The van der Waals surface area contributed by atoms with E-state index >= 15 is 0 Å². The van der Waals surface area contributed by atoms with Gasteiger partial charge in [-0.15, -0.1) is 0 Å². The lowest BCUT2D eigenvalue weighted by molar-refractivity contribution is -0.140. The summed E-state index contributed by atoms with van der Waals surface area (Å²) in [4.78, 5) is 31.1. The maximum absolute atomic E-state index is 12.7. The predicted molar refractivity (Wildman–Crippen MR) is 101 cm³/mol. The molecule has 1 amide bonds. The molecule has 1 saturated heterocycles. The van der Waals surface area contributed by atoms with Crippen LogP contribution in [-0.4, -0.2) is 46.9 Å². The monoisotopic (exact) mass is 386 g/mol. The third kappa shape index (κ3) is 3.86. The summed E-state index contributed by atoms with van der Waals surface area (Å²) >= 11 is 5.90. The van der Waals surface area contributed by atoms with Gasteiger partial charge in [-0.2, -0.15) is 0 Å². The number of methoxy groups -OCH3 is 1. The van der Waals surface area contributed by atoms with Crippen LogP contribution >= 0.6 is 11.6 Å². The number of ketones is 1. The average Bonchev–Trinajstić information content (AvgIpc) is 2.94. The zero-order valence-electron chi connectivity index (χ0n) is 14.8. The summed E-state index contributed by atoms with van der Waals surface area (Å²) in [6, 6.07) is 10.9. The van der Waals surface area contributed by atoms with Crippen molar-refractivity contribution in [1.82, 2.24) is 9.88 Å². The summed E-state index contributed by atoms with van der Waals surface area (Å²) in [5.74, 6) is -1.62. The zero-order valence-corrected chi connectivity index (χ0v) is 15.5. The van der Waals surface area contributed by atoms with Gasteiger partial charge in [-0.3, -0.25) is 14.6 Å². The van der Waals surface area contributed by atoms with Crippen molar-refractivity contribution in [1.29, 1.82) is 0 Å². The van der Waals surface area contributed by atoms with Crippen molar-refractivity contribution in [3.8, 4) is 0 Å². The second kappa shape index (κ2) is 8.33. The number of likely N-dealkylation sites (tertiary alicyclic amines) is 1. The molecule has 0 bridgehead atoms.